The standard InChI is InChI=1S/C19H31N/c1-5-20-14-17-10-11-19(3,4)13-18(17)12-16-8-6-15(2)7-9-16/h6-9,17-18,20H,5,10-14H2,1-4H3. The van der Waals surface area contributed by atoms with Crippen LogP contribution < -0.4 is 5.32 Å². The fraction of sp³-hybridized carbons (Fsp3) is 0.684. The minimum absolute atomic E-state index is 0.526. The van der Waals surface area contributed by atoms with Gasteiger partial charge in [0, 0.05) is 0 Å². The Bertz CT molecular complexity index is 404. The van der Waals surface area contributed by atoms with Crippen LogP contribution in [0.3, 0.4) is 0 Å². The van der Waals surface area contributed by atoms with E-state index >= 15 is 0 Å². The third-order valence-electron chi connectivity index (χ3n) is 4.95. The molecular formula is C19H31N. The lowest BCUT2D eigenvalue weighted by Gasteiger charge is -2.41. The van der Waals surface area contributed by atoms with E-state index in [1.807, 2.05) is 0 Å². The molecule has 0 aromatic heterocycles. The minimum Gasteiger partial charge on any atom is -0.317 e. The predicted octanol–water partition coefficient (Wildman–Crippen LogP) is 4.59. The van der Waals surface area contributed by atoms with Gasteiger partial charge in [-0.05, 0) is 68.5 Å². The molecule has 1 aromatic rings. The summed E-state index contributed by atoms with van der Waals surface area (Å²) in [5, 5.41) is 3.57. The summed E-state index contributed by atoms with van der Waals surface area (Å²) in [6.45, 7) is 11.6. The average molecular weight is 273 g/mol. The van der Waals surface area contributed by atoms with Gasteiger partial charge in [0.05, 0.1) is 0 Å². The van der Waals surface area contributed by atoms with Crippen LogP contribution in [0, 0.1) is 24.2 Å². The van der Waals surface area contributed by atoms with Gasteiger partial charge in [0.15, 0.2) is 0 Å². The van der Waals surface area contributed by atoms with Crippen LogP contribution >= 0.6 is 0 Å². The van der Waals surface area contributed by atoms with Gasteiger partial charge in [-0.3, -0.25) is 0 Å². The average Bonchev–Trinajstić information content (AvgIpc) is 2.40. The van der Waals surface area contributed by atoms with Gasteiger partial charge in [0.2, 0.25) is 0 Å². The normalized spacial score (nSPS) is 25.6. The SMILES string of the molecule is CCNCC1CCC(C)(C)CC1Cc1ccc(C)cc1. The Kier molecular flexibility index (Phi) is 5.26. The summed E-state index contributed by atoms with van der Waals surface area (Å²) in [5.41, 5.74) is 3.40. The van der Waals surface area contributed by atoms with Gasteiger partial charge in [-0.25, -0.2) is 0 Å². The zero-order valence-electron chi connectivity index (χ0n) is 13.7. The topological polar surface area (TPSA) is 12.0 Å². The Balaban J connectivity index is 2.04. The molecule has 0 bridgehead atoms. The molecule has 1 fully saturated rings. The third kappa shape index (κ3) is 4.34. The van der Waals surface area contributed by atoms with Gasteiger partial charge < -0.3 is 5.32 Å². The fourth-order valence-electron chi connectivity index (χ4n) is 3.65. The Morgan fingerprint density at radius 2 is 1.85 bits per heavy atom. The molecule has 1 heteroatoms. The maximum atomic E-state index is 3.57. The monoisotopic (exact) mass is 273 g/mol. The third-order valence-corrected chi connectivity index (χ3v) is 4.95. The van der Waals surface area contributed by atoms with Crippen molar-refractivity contribution in [2.45, 2.75) is 53.4 Å². The lowest BCUT2D eigenvalue weighted by atomic mass is 9.65. The van der Waals surface area contributed by atoms with Crippen LogP contribution in [-0.4, -0.2) is 13.1 Å². The number of benzene rings is 1. The molecule has 0 heterocycles. The molecular weight excluding hydrogens is 242 g/mol. The van der Waals surface area contributed by atoms with Crippen LogP contribution in [0.2, 0.25) is 0 Å². The highest BCUT2D eigenvalue weighted by molar-refractivity contribution is 5.22. The van der Waals surface area contributed by atoms with E-state index in [1.165, 1.54) is 43.4 Å². The van der Waals surface area contributed by atoms with Crippen LogP contribution in [0.1, 0.15) is 51.2 Å². The molecule has 1 nitrogen and oxygen atoms in total. The first kappa shape index (κ1) is 15.6. The number of hydrogen-bond acceptors (Lipinski definition) is 1. The first-order valence-electron chi connectivity index (χ1n) is 8.26. The molecule has 1 saturated carbocycles. The molecule has 0 aliphatic heterocycles. The van der Waals surface area contributed by atoms with Crippen LogP contribution in [0.25, 0.3) is 0 Å². The van der Waals surface area contributed by atoms with Gasteiger partial charge in [0.25, 0.3) is 0 Å². The molecule has 0 amide bonds. The summed E-state index contributed by atoms with van der Waals surface area (Å²) in [6.07, 6.45) is 5.39. The summed E-state index contributed by atoms with van der Waals surface area (Å²) in [7, 11) is 0. The van der Waals surface area contributed by atoms with Crippen molar-refractivity contribution in [1.82, 2.24) is 5.32 Å². The van der Waals surface area contributed by atoms with Gasteiger partial charge >= 0.3 is 0 Å². The summed E-state index contributed by atoms with van der Waals surface area (Å²) >= 11 is 0. The van der Waals surface area contributed by atoms with Crippen molar-refractivity contribution in [3.63, 3.8) is 0 Å². The van der Waals surface area contributed by atoms with E-state index in [1.54, 1.807) is 0 Å². The van der Waals surface area contributed by atoms with Crippen molar-refractivity contribution >= 4 is 0 Å². The Morgan fingerprint density at radius 3 is 2.50 bits per heavy atom. The van der Waals surface area contributed by atoms with E-state index in [2.05, 4.69) is 57.3 Å². The molecule has 112 valence electrons. The van der Waals surface area contributed by atoms with E-state index in [4.69, 9.17) is 0 Å². The summed E-state index contributed by atoms with van der Waals surface area (Å²) in [4.78, 5) is 0. The highest BCUT2D eigenvalue weighted by atomic mass is 14.8. The van der Waals surface area contributed by atoms with Crippen molar-refractivity contribution in [2.24, 2.45) is 17.3 Å². The Hall–Kier alpha value is -0.820. The van der Waals surface area contributed by atoms with E-state index < -0.39 is 0 Å². The second kappa shape index (κ2) is 6.76. The summed E-state index contributed by atoms with van der Waals surface area (Å²) < 4.78 is 0. The number of hydrogen-bond donors (Lipinski definition) is 1. The van der Waals surface area contributed by atoms with Crippen molar-refractivity contribution in [3.05, 3.63) is 35.4 Å². The smallest absolute Gasteiger partial charge is 0.00179 e. The quantitative estimate of drug-likeness (QED) is 0.827. The molecule has 0 spiro atoms. The Morgan fingerprint density at radius 1 is 1.15 bits per heavy atom. The summed E-state index contributed by atoms with van der Waals surface area (Å²) in [5.74, 6) is 1.68. The van der Waals surface area contributed by atoms with Crippen molar-refractivity contribution < 1.29 is 0 Å². The van der Waals surface area contributed by atoms with Gasteiger partial charge in [0.1, 0.15) is 0 Å². The first-order chi connectivity index (χ1) is 9.50. The van der Waals surface area contributed by atoms with Gasteiger partial charge in [-0.1, -0.05) is 50.6 Å². The molecule has 1 aliphatic carbocycles. The van der Waals surface area contributed by atoms with Gasteiger partial charge in [-0.15, -0.1) is 0 Å². The maximum absolute atomic E-state index is 3.57. The zero-order chi connectivity index (χ0) is 14.6. The maximum Gasteiger partial charge on any atom is -0.00179 e. The fourth-order valence-corrected chi connectivity index (χ4v) is 3.65. The summed E-state index contributed by atoms with van der Waals surface area (Å²) in [6, 6.07) is 9.15. The van der Waals surface area contributed by atoms with E-state index in [9.17, 15) is 0 Å². The molecule has 0 saturated heterocycles. The molecule has 1 aromatic carbocycles. The molecule has 2 atom stereocenters. The van der Waals surface area contributed by atoms with Gasteiger partial charge in [-0.2, -0.15) is 0 Å². The van der Waals surface area contributed by atoms with Crippen molar-refractivity contribution in [2.75, 3.05) is 13.1 Å². The second-order valence-electron chi connectivity index (χ2n) is 7.42. The Labute approximate surface area is 125 Å². The first-order valence-corrected chi connectivity index (χ1v) is 8.26. The lowest BCUT2D eigenvalue weighted by Crippen LogP contribution is -2.37. The lowest BCUT2D eigenvalue weighted by molar-refractivity contribution is 0.116. The number of nitrogens with one attached hydrogen (secondary N) is 1. The van der Waals surface area contributed by atoms with E-state index in [0.717, 1.165) is 18.4 Å². The molecule has 1 N–H and O–H groups in total. The van der Waals surface area contributed by atoms with E-state index in [0.29, 0.717) is 5.41 Å². The van der Waals surface area contributed by atoms with Crippen molar-refractivity contribution in [3.8, 4) is 0 Å². The molecule has 20 heavy (non-hydrogen) atoms. The highest BCUT2D eigenvalue weighted by Crippen LogP contribution is 2.42. The second-order valence-corrected chi connectivity index (χ2v) is 7.42. The highest BCUT2D eigenvalue weighted by Gasteiger charge is 2.34. The molecule has 2 rings (SSSR count). The van der Waals surface area contributed by atoms with Crippen LogP contribution in [0.4, 0.5) is 0 Å². The number of rotatable bonds is 5. The minimum atomic E-state index is 0.526. The van der Waals surface area contributed by atoms with Crippen LogP contribution in [0.15, 0.2) is 24.3 Å². The molecule has 0 radical (unpaired) electrons. The largest absolute Gasteiger partial charge is 0.317 e. The zero-order valence-corrected chi connectivity index (χ0v) is 13.7. The van der Waals surface area contributed by atoms with Crippen LogP contribution in [0.5, 0.6) is 0 Å². The molecule has 2 unspecified atom stereocenters. The van der Waals surface area contributed by atoms with E-state index in [-0.39, 0.29) is 0 Å². The van der Waals surface area contributed by atoms with Crippen LogP contribution in [-0.2, 0) is 6.42 Å². The van der Waals surface area contributed by atoms with Crippen molar-refractivity contribution in [1.29, 1.82) is 0 Å². The number of aryl methyl sites for hydroxylation is 1. The predicted molar refractivity (Wildman–Crippen MR) is 88.0 cm³/mol. The molecule has 1 aliphatic rings.